The number of hydrogen-bond donors (Lipinski definition) is 1. The molecule has 1 aromatic heterocycles. The number of fused-ring (bicyclic) bond motifs is 1. The second kappa shape index (κ2) is 5.14. The standard InChI is InChI=1S/C14H15FN6/c1-20-2-4-21(5-3-20)13-7-11-10(6-9(13)15)18-12(8-16)14(17)19-11/h6-7H,2-5H2,1H3,(H2,17,19). The van der Waals surface area contributed by atoms with Gasteiger partial charge in [-0.25, -0.2) is 14.4 Å². The number of nitrogens with two attached hydrogens (primary N) is 1. The average molecular weight is 286 g/mol. The first-order chi connectivity index (χ1) is 10.1. The molecule has 0 bridgehead atoms. The minimum absolute atomic E-state index is 0.0225. The Hall–Kier alpha value is -2.46. The smallest absolute Gasteiger partial charge is 0.183 e. The topological polar surface area (TPSA) is 82.1 Å². The lowest BCUT2D eigenvalue weighted by molar-refractivity contribution is 0.312. The molecule has 21 heavy (non-hydrogen) atoms. The van der Waals surface area contributed by atoms with Crippen LogP contribution in [-0.2, 0) is 0 Å². The lowest BCUT2D eigenvalue weighted by Gasteiger charge is -2.34. The summed E-state index contributed by atoms with van der Waals surface area (Å²) in [5, 5.41) is 8.89. The molecule has 1 aromatic carbocycles. The number of nitrogen functional groups attached to an aromatic ring is 1. The van der Waals surface area contributed by atoms with Crippen molar-refractivity contribution in [3.05, 3.63) is 23.6 Å². The summed E-state index contributed by atoms with van der Waals surface area (Å²) in [6.07, 6.45) is 0. The van der Waals surface area contributed by atoms with Gasteiger partial charge >= 0.3 is 0 Å². The maximum atomic E-state index is 14.3. The van der Waals surface area contributed by atoms with Gasteiger partial charge in [-0.3, -0.25) is 0 Å². The number of aromatic nitrogens is 2. The summed E-state index contributed by atoms with van der Waals surface area (Å²) in [5.41, 5.74) is 7.05. The van der Waals surface area contributed by atoms with Crippen molar-refractivity contribution in [2.45, 2.75) is 0 Å². The van der Waals surface area contributed by atoms with E-state index in [1.807, 2.05) is 18.0 Å². The van der Waals surface area contributed by atoms with Crippen LogP contribution in [0.1, 0.15) is 5.69 Å². The van der Waals surface area contributed by atoms with E-state index in [9.17, 15) is 4.39 Å². The van der Waals surface area contributed by atoms with Crippen molar-refractivity contribution in [2.75, 3.05) is 43.9 Å². The Labute approximate surface area is 121 Å². The van der Waals surface area contributed by atoms with Crippen LogP contribution in [0.3, 0.4) is 0 Å². The highest BCUT2D eigenvalue weighted by Gasteiger charge is 2.19. The summed E-state index contributed by atoms with van der Waals surface area (Å²) in [6.45, 7) is 3.30. The van der Waals surface area contributed by atoms with Crippen molar-refractivity contribution in [1.29, 1.82) is 5.26 Å². The Morgan fingerprint density at radius 1 is 1.19 bits per heavy atom. The maximum absolute atomic E-state index is 14.3. The van der Waals surface area contributed by atoms with Crippen LogP contribution >= 0.6 is 0 Å². The van der Waals surface area contributed by atoms with Crippen LogP contribution in [0.2, 0.25) is 0 Å². The zero-order valence-corrected chi connectivity index (χ0v) is 11.7. The molecule has 1 fully saturated rings. The van der Waals surface area contributed by atoms with Gasteiger partial charge in [-0.2, -0.15) is 5.26 Å². The molecule has 6 nitrogen and oxygen atoms in total. The van der Waals surface area contributed by atoms with Crippen LogP contribution < -0.4 is 10.6 Å². The number of nitrogens with zero attached hydrogens (tertiary/aromatic N) is 5. The second-order valence-electron chi connectivity index (χ2n) is 5.15. The molecule has 1 saturated heterocycles. The lowest BCUT2D eigenvalue weighted by Crippen LogP contribution is -2.44. The third-order valence-corrected chi connectivity index (χ3v) is 3.71. The molecule has 1 aliphatic rings. The molecular weight excluding hydrogens is 271 g/mol. The largest absolute Gasteiger partial charge is 0.381 e. The molecule has 0 spiro atoms. The van der Waals surface area contributed by atoms with E-state index in [1.54, 1.807) is 6.07 Å². The van der Waals surface area contributed by atoms with Gasteiger partial charge in [0.15, 0.2) is 11.5 Å². The first kappa shape index (κ1) is 13.5. The third kappa shape index (κ3) is 2.45. The first-order valence-electron chi connectivity index (χ1n) is 6.69. The molecule has 0 atom stereocenters. The highest BCUT2D eigenvalue weighted by molar-refractivity contribution is 5.81. The number of halogens is 1. The van der Waals surface area contributed by atoms with E-state index >= 15 is 0 Å². The zero-order chi connectivity index (χ0) is 15.0. The molecule has 0 radical (unpaired) electrons. The molecule has 2 N–H and O–H groups in total. The molecule has 0 unspecified atom stereocenters. The van der Waals surface area contributed by atoms with Gasteiger partial charge in [-0.05, 0) is 13.1 Å². The number of hydrogen-bond acceptors (Lipinski definition) is 6. The zero-order valence-electron chi connectivity index (χ0n) is 11.7. The maximum Gasteiger partial charge on any atom is 0.183 e. The third-order valence-electron chi connectivity index (χ3n) is 3.71. The highest BCUT2D eigenvalue weighted by Crippen LogP contribution is 2.26. The summed E-state index contributed by atoms with van der Waals surface area (Å²) in [7, 11) is 2.05. The van der Waals surface area contributed by atoms with E-state index in [-0.39, 0.29) is 17.3 Å². The van der Waals surface area contributed by atoms with Gasteiger partial charge in [-0.15, -0.1) is 0 Å². The van der Waals surface area contributed by atoms with E-state index in [1.165, 1.54) is 6.07 Å². The highest BCUT2D eigenvalue weighted by atomic mass is 19.1. The fourth-order valence-corrected chi connectivity index (χ4v) is 2.45. The van der Waals surface area contributed by atoms with E-state index in [0.717, 1.165) is 26.2 Å². The Kier molecular flexibility index (Phi) is 3.31. The predicted octanol–water partition coefficient (Wildman–Crippen LogP) is 0.975. The lowest BCUT2D eigenvalue weighted by atomic mass is 10.2. The Balaban J connectivity index is 2.05. The number of piperazine rings is 1. The first-order valence-corrected chi connectivity index (χ1v) is 6.69. The molecule has 2 aromatic rings. The normalized spacial score (nSPS) is 16.1. The van der Waals surface area contributed by atoms with E-state index in [4.69, 9.17) is 11.0 Å². The minimum atomic E-state index is -0.352. The Morgan fingerprint density at radius 3 is 2.52 bits per heavy atom. The number of rotatable bonds is 1. The molecule has 108 valence electrons. The quantitative estimate of drug-likeness (QED) is 0.841. The van der Waals surface area contributed by atoms with Crippen molar-refractivity contribution in [2.24, 2.45) is 0 Å². The summed E-state index contributed by atoms with van der Waals surface area (Å²) < 4.78 is 14.3. The second-order valence-corrected chi connectivity index (χ2v) is 5.15. The summed E-state index contributed by atoms with van der Waals surface area (Å²) in [4.78, 5) is 12.4. The van der Waals surface area contributed by atoms with Gasteiger partial charge in [0.25, 0.3) is 0 Å². The monoisotopic (exact) mass is 286 g/mol. The molecule has 0 aliphatic carbocycles. The fraction of sp³-hybridized carbons (Fsp3) is 0.357. The Morgan fingerprint density at radius 2 is 1.86 bits per heavy atom. The van der Waals surface area contributed by atoms with Gasteiger partial charge in [0, 0.05) is 32.2 Å². The van der Waals surface area contributed by atoms with Gasteiger partial charge in [-0.1, -0.05) is 0 Å². The van der Waals surface area contributed by atoms with Crippen molar-refractivity contribution in [1.82, 2.24) is 14.9 Å². The van der Waals surface area contributed by atoms with Gasteiger partial charge in [0.05, 0.1) is 16.7 Å². The number of benzene rings is 1. The van der Waals surface area contributed by atoms with E-state index in [0.29, 0.717) is 16.7 Å². The van der Waals surface area contributed by atoms with Crippen LogP contribution in [0.5, 0.6) is 0 Å². The van der Waals surface area contributed by atoms with E-state index < -0.39 is 0 Å². The number of likely N-dealkylation sites (N-methyl/N-ethyl adjacent to an activating group) is 1. The number of anilines is 2. The van der Waals surface area contributed by atoms with Crippen molar-refractivity contribution >= 4 is 22.5 Å². The average Bonchev–Trinajstić information content (AvgIpc) is 2.47. The SMILES string of the molecule is CN1CCN(c2cc3nc(N)c(C#N)nc3cc2F)CC1. The number of nitriles is 1. The molecule has 2 heterocycles. The summed E-state index contributed by atoms with van der Waals surface area (Å²) in [5.74, 6) is -0.282. The molecule has 3 rings (SSSR count). The predicted molar refractivity (Wildman–Crippen MR) is 78.3 cm³/mol. The fourth-order valence-electron chi connectivity index (χ4n) is 2.45. The minimum Gasteiger partial charge on any atom is -0.381 e. The van der Waals surface area contributed by atoms with Crippen molar-refractivity contribution in [3.63, 3.8) is 0 Å². The van der Waals surface area contributed by atoms with Crippen molar-refractivity contribution in [3.8, 4) is 6.07 Å². The van der Waals surface area contributed by atoms with Crippen LogP contribution in [-0.4, -0.2) is 48.1 Å². The molecule has 1 aliphatic heterocycles. The Bertz CT molecular complexity index is 730. The van der Waals surface area contributed by atoms with E-state index in [2.05, 4.69) is 14.9 Å². The molecular formula is C14H15FN6. The molecule has 7 heteroatoms. The molecule has 0 amide bonds. The van der Waals surface area contributed by atoms with Crippen LogP contribution in [0.15, 0.2) is 12.1 Å². The van der Waals surface area contributed by atoms with Gasteiger partial charge in [0.1, 0.15) is 11.9 Å². The van der Waals surface area contributed by atoms with Crippen LogP contribution in [0.4, 0.5) is 15.9 Å². The van der Waals surface area contributed by atoms with Gasteiger partial charge in [0.2, 0.25) is 0 Å². The molecule has 0 saturated carbocycles. The summed E-state index contributed by atoms with van der Waals surface area (Å²) >= 11 is 0. The van der Waals surface area contributed by atoms with Crippen molar-refractivity contribution < 1.29 is 4.39 Å². The van der Waals surface area contributed by atoms with Crippen LogP contribution in [0.25, 0.3) is 11.0 Å². The van der Waals surface area contributed by atoms with Crippen LogP contribution in [0, 0.1) is 17.1 Å². The van der Waals surface area contributed by atoms with Gasteiger partial charge < -0.3 is 15.5 Å². The summed E-state index contributed by atoms with van der Waals surface area (Å²) in [6, 6.07) is 4.82.